The summed E-state index contributed by atoms with van der Waals surface area (Å²) in [5, 5.41) is 21.3. The number of nitrogens with zero attached hydrogens (tertiary/aromatic N) is 2. The first-order valence-electron chi connectivity index (χ1n) is 14.7. The predicted molar refractivity (Wildman–Crippen MR) is 150 cm³/mol. The van der Waals surface area contributed by atoms with Gasteiger partial charge in [-0.1, -0.05) is 0 Å². The molecule has 0 radical (unpaired) electrons. The maximum absolute atomic E-state index is 12.3. The zero-order chi connectivity index (χ0) is 33.2. The number of carbonyl (C=O) groups excluding carboxylic acids is 6. The first-order valence-corrected chi connectivity index (χ1v) is 14.7. The van der Waals surface area contributed by atoms with Crippen LogP contribution in [0.5, 0.6) is 0 Å². The minimum atomic E-state index is -2.40. The van der Waals surface area contributed by atoms with Gasteiger partial charge in [-0.2, -0.15) is 0 Å². The van der Waals surface area contributed by atoms with Gasteiger partial charge in [-0.05, 0) is 27.7 Å². The van der Waals surface area contributed by atoms with Gasteiger partial charge in [0.05, 0.1) is 52.1 Å². The molecule has 0 aromatic rings. The smallest absolute Gasteiger partial charge is 0.339 e. The lowest BCUT2D eigenvalue weighted by atomic mass is 9.95. The Morgan fingerprint density at radius 1 is 0.500 bits per heavy atom. The summed E-state index contributed by atoms with van der Waals surface area (Å²) in [4.78, 5) is 76.8. The second-order valence-electron chi connectivity index (χ2n) is 9.95. The van der Waals surface area contributed by atoms with E-state index in [1.54, 1.807) is 13.8 Å². The molecular weight excluding hydrogens is 588 g/mol. The Morgan fingerprint density at radius 2 is 0.773 bits per heavy atom. The minimum absolute atomic E-state index is 0.00999. The van der Waals surface area contributed by atoms with E-state index in [-0.39, 0.29) is 39.6 Å². The molecule has 16 heteroatoms. The molecule has 0 saturated carbocycles. The molecule has 2 unspecified atom stereocenters. The third-order valence-corrected chi connectivity index (χ3v) is 6.47. The fraction of sp³-hybridized carbons (Fsp3) is 0.786. The molecule has 1 heterocycles. The van der Waals surface area contributed by atoms with Crippen molar-refractivity contribution in [2.45, 2.75) is 64.6 Å². The fourth-order valence-electron chi connectivity index (χ4n) is 4.24. The monoisotopic (exact) mass is 634 g/mol. The van der Waals surface area contributed by atoms with E-state index in [4.69, 9.17) is 28.4 Å². The topological polar surface area (TPSA) is 205 Å². The standard InChI is InChI=1S/C28H46N2O14/c1-5-39-21(31)17-27(37,25(35)41-7-3)19-23(33)43-15-13-29-9-11-30(12-10-29)14-16-44-24(34)20-28(38,26(36)42-8-4)18-22(32)40-6-2/h37-38H,5-20H2,1-4H3. The van der Waals surface area contributed by atoms with Crippen LogP contribution in [0.4, 0.5) is 0 Å². The molecule has 1 saturated heterocycles. The molecule has 1 aliphatic rings. The summed E-state index contributed by atoms with van der Waals surface area (Å²) in [7, 11) is 0. The van der Waals surface area contributed by atoms with Crippen LogP contribution in [-0.2, 0) is 57.2 Å². The van der Waals surface area contributed by atoms with Crippen molar-refractivity contribution in [1.29, 1.82) is 0 Å². The Hall–Kier alpha value is -3.34. The lowest BCUT2D eigenvalue weighted by molar-refractivity contribution is -0.177. The quantitative estimate of drug-likeness (QED) is 0.121. The molecule has 44 heavy (non-hydrogen) atoms. The Bertz CT molecular complexity index is 892. The van der Waals surface area contributed by atoms with Crippen LogP contribution in [0.3, 0.4) is 0 Å². The van der Waals surface area contributed by atoms with Gasteiger partial charge in [0.1, 0.15) is 13.2 Å². The molecule has 0 aromatic heterocycles. The van der Waals surface area contributed by atoms with Gasteiger partial charge in [-0.3, -0.25) is 29.0 Å². The van der Waals surface area contributed by atoms with Crippen molar-refractivity contribution in [2.75, 3.05) is 78.9 Å². The number of ether oxygens (including phenoxy) is 6. The largest absolute Gasteiger partial charge is 0.466 e. The summed E-state index contributed by atoms with van der Waals surface area (Å²) in [6, 6.07) is 0. The second-order valence-corrected chi connectivity index (χ2v) is 9.95. The number of aliphatic hydroxyl groups is 2. The van der Waals surface area contributed by atoms with Crippen LogP contribution in [0.25, 0.3) is 0 Å². The van der Waals surface area contributed by atoms with Gasteiger partial charge in [-0.25, -0.2) is 9.59 Å². The molecule has 2 atom stereocenters. The zero-order valence-electron chi connectivity index (χ0n) is 26.0. The van der Waals surface area contributed by atoms with Crippen LogP contribution in [0, 0.1) is 0 Å². The summed E-state index contributed by atoms with van der Waals surface area (Å²) in [5.41, 5.74) is -4.79. The van der Waals surface area contributed by atoms with Crippen LogP contribution in [-0.4, -0.2) is 146 Å². The molecule has 0 aromatic carbocycles. The van der Waals surface area contributed by atoms with E-state index >= 15 is 0 Å². The minimum Gasteiger partial charge on any atom is -0.466 e. The maximum Gasteiger partial charge on any atom is 0.339 e. The van der Waals surface area contributed by atoms with Gasteiger partial charge in [0.25, 0.3) is 0 Å². The van der Waals surface area contributed by atoms with Crippen molar-refractivity contribution in [3.05, 3.63) is 0 Å². The van der Waals surface area contributed by atoms with Gasteiger partial charge >= 0.3 is 35.8 Å². The fourth-order valence-corrected chi connectivity index (χ4v) is 4.24. The summed E-state index contributed by atoms with van der Waals surface area (Å²) in [6.45, 7) is 9.38. The third-order valence-electron chi connectivity index (χ3n) is 6.47. The molecule has 1 rings (SSSR count). The van der Waals surface area contributed by atoms with Gasteiger partial charge in [0, 0.05) is 39.3 Å². The van der Waals surface area contributed by atoms with E-state index in [0.29, 0.717) is 39.3 Å². The van der Waals surface area contributed by atoms with Crippen molar-refractivity contribution in [3.63, 3.8) is 0 Å². The Labute approximate surface area is 256 Å². The van der Waals surface area contributed by atoms with E-state index in [1.807, 2.05) is 9.80 Å². The molecule has 0 spiro atoms. The number of rotatable bonds is 20. The van der Waals surface area contributed by atoms with Crippen molar-refractivity contribution in [1.82, 2.24) is 9.80 Å². The van der Waals surface area contributed by atoms with Gasteiger partial charge in [0.2, 0.25) is 0 Å². The highest BCUT2D eigenvalue weighted by Gasteiger charge is 2.44. The molecule has 252 valence electrons. The summed E-state index contributed by atoms with van der Waals surface area (Å²) in [6.07, 6.45) is -3.02. The van der Waals surface area contributed by atoms with E-state index in [9.17, 15) is 39.0 Å². The molecule has 1 fully saturated rings. The normalized spacial score (nSPS) is 16.5. The predicted octanol–water partition coefficient (Wildman–Crippen LogP) is -1.03. The average Bonchev–Trinajstić information content (AvgIpc) is 2.94. The number of piperazine rings is 1. The van der Waals surface area contributed by atoms with Gasteiger partial charge < -0.3 is 38.6 Å². The highest BCUT2D eigenvalue weighted by Crippen LogP contribution is 2.21. The first-order chi connectivity index (χ1) is 20.8. The zero-order valence-corrected chi connectivity index (χ0v) is 26.0. The Balaban J connectivity index is 2.44. The Kier molecular flexibility index (Phi) is 17.4. The molecule has 16 nitrogen and oxygen atoms in total. The number of hydrogen-bond acceptors (Lipinski definition) is 16. The molecular formula is C28H46N2O14. The molecule has 1 aliphatic heterocycles. The van der Waals surface area contributed by atoms with Crippen LogP contribution < -0.4 is 0 Å². The van der Waals surface area contributed by atoms with E-state index in [2.05, 4.69) is 0 Å². The molecule has 0 amide bonds. The average molecular weight is 635 g/mol. The van der Waals surface area contributed by atoms with Crippen molar-refractivity contribution in [2.24, 2.45) is 0 Å². The maximum atomic E-state index is 12.3. The molecule has 0 aliphatic carbocycles. The lowest BCUT2D eigenvalue weighted by Gasteiger charge is -2.34. The van der Waals surface area contributed by atoms with E-state index in [0.717, 1.165) is 0 Å². The van der Waals surface area contributed by atoms with Crippen LogP contribution in [0.2, 0.25) is 0 Å². The van der Waals surface area contributed by atoms with Crippen LogP contribution >= 0.6 is 0 Å². The summed E-state index contributed by atoms with van der Waals surface area (Å²) >= 11 is 0. The highest BCUT2D eigenvalue weighted by molar-refractivity contribution is 5.90. The summed E-state index contributed by atoms with van der Waals surface area (Å²) < 4.78 is 29.5. The van der Waals surface area contributed by atoms with Crippen molar-refractivity contribution < 1.29 is 67.4 Å². The van der Waals surface area contributed by atoms with Crippen LogP contribution in [0.1, 0.15) is 53.4 Å². The lowest BCUT2D eigenvalue weighted by Crippen LogP contribution is -2.48. The van der Waals surface area contributed by atoms with E-state index in [1.165, 1.54) is 13.8 Å². The third kappa shape index (κ3) is 14.0. The molecule has 0 bridgehead atoms. The van der Waals surface area contributed by atoms with Gasteiger partial charge in [-0.15, -0.1) is 0 Å². The molecule has 2 N–H and O–H groups in total. The number of hydrogen-bond donors (Lipinski definition) is 2. The highest BCUT2D eigenvalue weighted by atomic mass is 16.6. The SMILES string of the molecule is CCOC(=O)CC(O)(CC(=O)OCCN1CCN(CCOC(=O)CC(O)(CC(=O)OCC)C(=O)OCC)CC1)C(=O)OCC. The van der Waals surface area contributed by atoms with E-state index < -0.39 is 72.7 Å². The van der Waals surface area contributed by atoms with Crippen molar-refractivity contribution in [3.8, 4) is 0 Å². The first kappa shape index (κ1) is 38.7. The van der Waals surface area contributed by atoms with Gasteiger partial charge in [0.15, 0.2) is 11.2 Å². The number of esters is 6. The second kappa shape index (κ2) is 19.8. The van der Waals surface area contributed by atoms with Crippen molar-refractivity contribution >= 4 is 35.8 Å². The van der Waals surface area contributed by atoms with Crippen LogP contribution in [0.15, 0.2) is 0 Å². The number of carbonyl (C=O) groups is 6. The summed E-state index contributed by atoms with van der Waals surface area (Å²) in [5.74, 6) is -5.67. The Morgan fingerprint density at radius 3 is 1.05 bits per heavy atom.